The van der Waals surface area contributed by atoms with Gasteiger partial charge in [0, 0.05) is 6.04 Å². The topological polar surface area (TPSA) is 50.4 Å². The first-order chi connectivity index (χ1) is 9.19. The van der Waals surface area contributed by atoms with Crippen molar-refractivity contribution < 1.29 is 22.7 Å². The summed E-state index contributed by atoms with van der Waals surface area (Å²) in [6.45, 7) is 5.15. The number of para-hydroxylation sites is 2. The van der Waals surface area contributed by atoms with Crippen molar-refractivity contribution in [2.45, 2.75) is 39.2 Å². The summed E-state index contributed by atoms with van der Waals surface area (Å²) in [6.07, 6.45) is -4.78. The second-order valence-electron chi connectivity index (χ2n) is 4.57. The first-order valence-corrected chi connectivity index (χ1v) is 6.10. The highest BCUT2D eigenvalue weighted by molar-refractivity contribution is 5.84. The molecular formula is C13H17F3N2O2. The molecule has 1 unspecified atom stereocenters. The Morgan fingerprint density at radius 2 is 1.80 bits per heavy atom. The molecule has 0 aliphatic heterocycles. The molecule has 112 valence electrons. The number of hydrogen-bond donors (Lipinski definition) is 2. The average molecular weight is 290 g/mol. The van der Waals surface area contributed by atoms with E-state index in [0.29, 0.717) is 0 Å². The van der Waals surface area contributed by atoms with Crippen LogP contribution in [0.15, 0.2) is 24.3 Å². The van der Waals surface area contributed by atoms with E-state index in [0.717, 1.165) is 0 Å². The Kier molecular flexibility index (Phi) is 5.24. The maximum Gasteiger partial charge on any atom is 0.573 e. The molecule has 0 aliphatic rings. The monoisotopic (exact) mass is 290 g/mol. The summed E-state index contributed by atoms with van der Waals surface area (Å²) in [4.78, 5) is 11.7. The number of anilines is 1. The van der Waals surface area contributed by atoms with Gasteiger partial charge < -0.3 is 15.4 Å². The van der Waals surface area contributed by atoms with Crippen LogP contribution in [0.5, 0.6) is 5.75 Å². The predicted molar refractivity (Wildman–Crippen MR) is 69.5 cm³/mol. The molecule has 1 aromatic carbocycles. The van der Waals surface area contributed by atoms with Crippen molar-refractivity contribution in [1.82, 2.24) is 5.32 Å². The van der Waals surface area contributed by atoms with Crippen molar-refractivity contribution in [2.75, 3.05) is 5.32 Å². The zero-order valence-corrected chi connectivity index (χ0v) is 11.4. The predicted octanol–water partition coefficient (Wildman–Crippen LogP) is 2.91. The van der Waals surface area contributed by atoms with Crippen molar-refractivity contribution in [1.29, 1.82) is 0 Å². The van der Waals surface area contributed by atoms with E-state index in [-0.39, 0.29) is 23.4 Å². The normalized spacial score (nSPS) is 12.9. The largest absolute Gasteiger partial charge is 0.573 e. The van der Waals surface area contributed by atoms with Gasteiger partial charge in [0.05, 0.1) is 5.69 Å². The SMILES string of the molecule is CC(C)NC(=O)C(C)Nc1ccccc1OC(F)(F)F. The Morgan fingerprint density at radius 3 is 2.35 bits per heavy atom. The van der Waals surface area contributed by atoms with Crippen LogP contribution in [0.2, 0.25) is 0 Å². The van der Waals surface area contributed by atoms with Gasteiger partial charge in [-0.05, 0) is 32.9 Å². The number of hydrogen-bond acceptors (Lipinski definition) is 3. The summed E-state index contributed by atoms with van der Waals surface area (Å²) in [7, 11) is 0. The lowest BCUT2D eigenvalue weighted by atomic mass is 10.2. The quantitative estimate of drug-likeness (QED) is 0.876. The fourth-order valence-electron chi connectivity index (χ4n) is 1.51. The Hall–Kier alpha value is -1.92. The van der Waals surface area contributed by atoms with Gasteiger partial charge in [-0.2, -0.15) is 0 Å². The molecule has 0 heterocycles. The summed E-state index contributed by atoms with van der Waals surface area (Å²) < 4.78 is 40.7. The first kappa shape index (κ1) is 16.1. The van der Waals surface area contributed by atoms with Crippen molar-refractivity contribution >= 4 is 11.6 Å². The molecule has 20 heavy (non-hydrogen) atoms. The number of nitrogens with one attached hydrogen (secondary N) is 2. The second kappa shape index (κ2) is 6.49. The van der Waals surface area contributed by atoms with E-state index < -0.39 is 12.4 Å². The van der Waals surface area contributed by atoms with Crippen molar-refractivity contribution in [3.05, 3.63) is 24.3 Å². The summed E-state index contributed by atoms with van der Waals surface area (Å²) >= 11 is 0. The lowest BCUT2D eigenvalue weighted by Gasteiger charge is -2.19. The van der Waals surface area contributed by atoms with E-state index in [1.165, 1.54) is 18.2 Å². The van der Waals surface area contributed by atoms with Crippen LogP contribution >= 0.6 is 0 Å². The van der Waals surface area contributed by atoms with Crippen molar-refractivity contribution in [3.63, 3.8) is 0 Å². The number of benzene rings is 1. The highest BCUT2D eigenvalue weighted by Crippen LogP contribution is 2.30. The minimum Gasteiger partial charge on any atom is -0.404 e. The zero-order valence-electron chi connectivity index (χ0n) is 11.4. The van der Waals surface area contributed by atoms with Gasteiger partial charge >= 0.3 is 6.36 Å². The van der Waals surface area contributed by atoms with E-state index in [1.54, 1.807) is 26.8 Å². The van der Waals surface area contributed by atoms with Gasteiger partial charge in [0.15, 0.2) is 5.75 Å². The molecule has 2 N–H and O–H groups in total. The van der Waals surface area contributed by atoms with Gasteiger partial charge in [-0.15, -0.1) is 13.2 Å². The smallest absolute Gasteiger partial charge is 0.404 e. The van der Waals surface area contributed by atoms with Crippen molar-refractivity contribution in [3.8, 4) is 5.75 Å². The number of rotatable bonds is 5. The van der Waals surface area contributed by atoms with Gasteiger partial charge in [0.2, 0.25) is 5.91 Å². The average Bonchev–Trinajstić information content (AvgIpc) is 2.28. The third-order valence-corrected chi connectivity index (χ3v) is 2.31. The number of halogens is 3. The zero-order chi connectivity index (χ0) is 15.3. The van der Waals surface area contributed by atoms with Gasteiger partial charge in [0.25, 0.3) is 0 Å². The fraction of sp³-hybridized carbons (Fsp3) is 0.462. The molecule has 1 aromatic rings. The standard InChI is InChI=1S/C13H17F3N2O2/c1-8(2)17-12(19)9(3)18-10-6-4-5-7-11(10)20-13(14,15)16/h4-9,18H,1-3H3,(H,17,19). The molecule has 0 saturated heterocycles. The molecule has 1 rings (SSSR count). The molecule has 0 radical (unpaired) electrons. The van der Waals surface area contributed by atoms with Gasteiger partial charge in [-0.1, -0.05) is 12.1 Å². The number of amides is 1. The minimum absolute atomic E-state index is 0.0478. The second-order valence-corrected chi connectivity index (χ2v) is 4.57. The molecular weight excluding hydrogens is 273 g/mol. The maximum absolute atomic E-state index is 12.3. The number of carbonyl (C=O) groups is 1. The lowest BCUT2D eigenvalue weighted by Crippen LogP contribution is -2.41. The van der Waals surface area contributed by atoms with E-state index in [9.17, 15) is 18.0 Å². The molecule has 0 aromatic heterocycles. The summed E-state index contributed by atoms with van der Waals surface area (Å²) in [6, 6.07) is 4.84. The number of carbonyl (C=O) groups excluding carboxylic acids is 1. The highest BCUT2D eigenvalue weighted by Gasteiger charge is 2.32. The summed E-state index contributed by atoms with van der Waals surface area (Å²) in [5, 5.41) is 5.37. The van der Waals surface area contributed by atoms with Crippen LogP contribution < -0.4 is 15.4 Å². The van der Waals surface area contributed by atoms with Gasteiger partial charge in [-0.25, -0.2) is 0 Å². The molecule has 0 aliphatic carbocycles. The molecule has 4 nitrogen and oxygen atoms in total. The number of alkyl halides is 3. The minimum atomic E-state index is -4.78. The van der Waals surface area contributed by atoms with E-state index in [1.807, 2.05) is 0 Å². The molecule has 0 fully saturated rings. The van der Waals surface area contributed by atoms with E-state index >= 15 is 0 Å². The van der Waals surface area contributed by atoms with Crippen LogP contribution in [-0.4, -0.2) is 24.4 Å². The Morgan fingerprint density at radius 1 is 1.20 bits per heavy atom. The molecule has 0 bridgehead atoms. The third-order valence-electron chi connectivity index (χ3n) is 2.31. The fourth-order valence-corrected chi connectivity index (χ4v) is 1.51. The van der Waals surface area contributed by atoms with E-state index in [4.69, 9.17) is 0 Å². The van der Waals surface area contributed by atoms with Crippen LogP contribution in [0, 0.1) is 0 Å². The van der Waals surface area contributed by atoms with Crippen LogP contribution in [0.1, 0.15) is 20.8 Å². The summed E-state index contributed by atoms with van der Waals surface area (Å²) in [5.74, 6) is -0.675. The maximum atomic E-state index is 12.3. The van der Waals surface area contributed by atoms with Gasteiger partial charge in [-0.3, -0.25) is 4.79 Å². The van der Waals surface area contributed by atoms with Crippen LogP contribution in [0.25, 0.3) is 0 Å². The van der Waals surface area contributed by atoms with Crippen LogP contribution in [0.4, 0.5) is 18.9 Å². The van der Waals surface area contributed by atoms with Crippen LogP contribution in [0.3, 0.4) is 0 Å². The molecule has 1 amide bonds. The van der Waals surface area contributed by atoms with E-state index in [2.05, 4.69) is 15.4 Å². The Balaban J connectivity index is 2.79. The summed E-state index contributed by atoms with van der Waals surface area (Å²) in [5.41, 5.74) is 0.108. The van der Waals surface area contributed by atoms with Crippen LogP contribution in [-0.2, 0) is 4.79 Å². The molecule has 1 atom stereocenters. The molecule has 0 saturated carbocycles. The van der Waals surface area contributed by atoms with Gasteiger partial charge in [0.1, 0.15) is 6.04 Å². The first-order valence-electron chi connectivity index (χ1n) is 6.10. The highest BCUT2D eigenvalue weighted by atomic mass is 19.4. The molecule has 0 spiro atoms. The Labute approximate surface area is 115 Å². The lowest BCUT2D eigenvalue weighted by molar-refractivity contribution is -0.274. The van der Waals surface area contributed by atoms with Crippen molar-refractivity contribution in [2.24, 2.45) is 0 Å². The number of ether oxygens (including phenoxy) is 1. The Bertz CT molecular complexity index is 461. The third kappa shape index (κ3) is 5.38. The molecule has 7 heteroatoms.